The van der Waals surface area contributed by atoms with Gasteiger partial charge in [-0.15, -0.1) is 0 Å². The number of fused-ring (bicyclic) bond motifs is 1. The molecule has 1 atom stereocenters. The standard InChI is InChI=1S/C16H16N2O2/c1-10-6-11-4-3-5-17-15(11)12(7-10)8-13-9-14(19)18(2)16(13)20/h3-7,13H,8-9H2,1-2H3. The Hall–Kier alpha value is -2.23. The van der Waals surface area contributed by atoms with Gasteiger partial charge < -0.3 is 0 Å². The molecule has 2 heterocycles. The minimum absolute atomic E-state index is 0.0828. The van der Waals surface area contributed by atoms with Crippen LogP contribution in [0.25, 0.3) is 10.9 Å². The number of aromatic nitrogens is 1. The van der Waals surface area contributed by atoms with Crippen LogP contribution in [0.5, 0.6) is 0 Å². The Morgan fingerprint density at radius 1 is 1.35 bits per heavy atom. The molecule has 1 fully saturated rings. The van der Waals surface area contributed by atoms with Gasteiger partial charge in [-0.3, -0.25) is 19.5 Å². The van der Waals surface area contributed by atoms with E-state index in [9.17, 15) is 9.59 Å². The van der Waals surface area contributed by atoms with Gasteiger partial charge in [0.05, 0.1) is 11.4 Å². The van der Waals surface area contributed by atoms with Gasteiger partial charge in [-0.05, 0) is 31.0 Å². The average Bonchev–Trinajstić information content (AvgIpc) is 2.66. The molecule has 1 aliphatic heterocycles. The van der Waals surface area contributed by atoms with Gasteiger partial charge in [-0.25, -0.2) is 0 Å². The highest BCUT2D eigenvalue weighted by atomic mass is 16.2. The molecule has 0 N–H and O–H groups in total. The molecule has 1 unspecified atom stereocenters. The highest BCUT2D eigenvalue weighted by Crippen LogP contribution is 2.26. The number of likely N-dealkylation sites (tertiary alicyclic amines) is 1. The number of carbonyl (C=O) groups is 2. The molecular formula is C16H16N2O2. The monoisotopic (exact) mass is 268 g/mol. The summed E-state index contributed by atoms with van der Waals surface area (Å²) in [4.78, 5) is 29.3. The molecule has 1 aromatic carbocycles. The lowest BCUT2D eigenvalue weighted by atomic mass is 9.94. The quantitative estimate of drug-likeness (QED) is 0.784. The van der Waals surface area contributed by atoms with Crippen LogP contribution in [0.2, 0.25) is 0 Å². The van der Waals surface area contributed by atoms with Gasteiger partial charge in [-0.2, -0.15) is 0 Å². The summed E-state index contributed by atoms with van der Waals surface area (Å²) in [6.45, 7) is 2.03. The van der Waals surface area contributed by atoms with Crippen molar-refractivity contribution in [2.45, 2.75) is 19.8 Å². The molecule has 1 aromatic heterocycles. The van der Waals surface area contributed by atoms with Gasteiger partial charge in [0.15, 0.2) is 0 Å². The Kier molecular flexibility index (Phi) is 3.01. The summed E-state index contributed by atoms with van der Waals surface area (Å²) >= 11 is 0. The first kappa shape index (κ1) is 12.8. The fourth-order valence-corrected chi connectivity index (χ4v) is 2.84. The number of benzene rings is 1. The molecule has 0 bridgehead atoms. The third-order valence-electron chi connectivity index (χ3n) is 3.87. The summed E-state index contributed by atoms with van der Waals surface area (Å²) in [7, 11) is 1.55. The van der Waals surface area contributed by atoms with Crippen LogP contribution < -0.4 is 0 Å². The van der Waals surface area contributed by atoms with E-state index >= 15 is 0 Å². The van der Waals surface area contributed by atoms with Crippen LogP contribution in [-0.2, 0) is 16.0 Å². The molecule has 0 saturated carbocycles. The lowest BCUT2D eigenvalue weighted by Crippen LogP contribution is -2.26. The lowest BCUT2D eigenvalue weighted by molar-refractivity contribution is -0.137. The zero-order valence-corrected chi connectivity index (χ0v) is 11.6. The first-order valence-corrected chi connectivity index (χ1v) is 6.71. The van der Waals surface area contributed by atoms with E-state index in [4.69, 9.17) is 0 Å². The number of pyridine rings is 1. The van der Waals surface area contributed by atoms with Crippen molar-refractivity contribution >= 4 is 22.7 Å². The molecule has 0 aliphatic carbocycles. The topological polar surface area (TPSA) is 50.3 Å². The van der Waals surface area contributed by atoms with E-state index in [-0.39, 0.29) is 17.7 Å². The molecule has 0 radical (unpaired) electrons. The number of carbonyl (C=O) groups excluding carboxylic acids is 2. The van der Waals surface area contributed by atoms with E-state index in [0.29, 0.717) is 12.8 Å². The molecule has 20 heavy (non-hydrogen) atoms. The highest BCUT2D eigenvalue weighted by Gasteiger charge is 2.36. The SMILES string of the molecule is Cc1cc(CC2CC(=O)N(C)C2=O)c2ncccc2c1. The summed E-state index contributed by atoms with van der Waals surface area (Å²) in [5.74, 6) is -0.426. The molecule has 2 amide bonds. The molecule has 3 rings (SSSR count). The van der Waals surface area contributed by atoms with Crippen LogP contribution in [0.1, 0.15) is 17.5 Å². The van der Waals surface area contributed by atoms with Gasteiger partial charge in [-0.1, -0.05) is 17.7 Å². The lowest BCUT2D eigenvalue weighted by Gasteiger charge is -2.11. The van der Waals surface area contributed by atoms with Crippen LogP contribution in [0.15, 0.2) is 30.5 Å². The molecule has 1 aliphatic rings. The zero-order valence-electron chi connectivity index (χ0n) is 11.6. The van der Waals surface area contributed by atoms with Gasteiger partial charge >= 0.3 is 0 Å². The summed E-state index contributed by atoms with van der Waals surface area (Å²) in [5, 5.41) is 1.08. The second-order valence-electron chi connectivity index (χ2n) is 5.40. The van der Waals surface area contributed by atoms with E-state index in [2.05, 4.69) is 17.1 Å². The minimum Gasteiger partial charge on any atom is -0.285 e. The van der Waals surface area contributed by atoms with Gasteiger partial charge in [0.2, 0.25) is 11.8 Å². The van der Waals surface area contributed by atoms with Crippen LogP contribution in [0, 0.1) is 12.8 Å². The average molecular weight is 268 g/mol. The second-order valence-corrected chi connectivity index (χ2v) is 5.40. The van der Waals surface area contributed by atoms with E-state index in [1.807, 2.05) is 19.1 Å². The molecule has 4 nitrogen and oxygen atoms in total. The van der Waals surface area contributed by atoms with Crippen molar-refractivity contribution in [3.63, 3.8) is 0 Å². The molecule has 0 spiro atoms. The summed E-state index contributed by atoms with van der Waals surface area (Å²) in [6, 6.07) is 8.07. The predicted octanol–water partition coefficient (Wildman–Crippen LogP) is 2.09. The van der Waals surface area contributed by atoms with E-state index in [0.717, 1.165) is 22.0 Å². The van der Waals surface area contributed by atoms with Crippen LogP contribution in [-0.4, -0.2) is 28.7 Å². The van der Waals surface area contributed by atoms with E-state index in [1.54, 1.807) is 13.2 Å². The zero-order chi connectivity index (χ0) is 14.3. The van der Waals surface area contributed by atoms with Gasteiger partial charge in [0.1, 0.15) is 0 Å². The largest absolute Gasteiger partial charge is 0.285 e. The number of hydrogen-bond donors (Lipinski definition) is 0. The minimum atomic E-state index is -0.250. The number of aryl methyl sites for hydroxylation is 1. The van der Waals surface area contributed by atoms with Crippen molar-refractivity contribution in [3.8, 4) is 0 Å². The van der Waals surface area contributed by atoms with Gasteiger partial charge in [0, 0.05) is 25.1 Å². The first-order chi connectivity index (χ1) is 9.56. The Bertz CT molecular complexity index is 709. The number of hydrogen-bond acceptors (Lipinski definition) is 3. The third kappa shape index (κ3) is 2.07. The molecule has 1 saturated heterocycles. The normalized spacial score (nSPS) is 19.1. The van der Waals surface area contributed by atoms with Crippen molar-refractivity contribution in [2.24, 2.45) is 5.92 Å². The van der Waals surface area contributed by atoms with Crippen molar-refractivity contribution in [1.29, 1.82) is 0 Å². The molecule has 2 aromatic rings. The second kappa shape index (κ2) is 4.71. The van der Waals surface area contributed by atoms with Gasteiger partial charge in [0.25, 0.3) is 0 Å². The van der Waals surface area contributed by atoms with Crippen molar-refractivity contribution in [2.75, 3.05) is 7.05 Å². The number of amides is 2. The van der Waals surface area contributed by atoms with Crippen molar-refractivity contribution in [3.05, 3.63) is 41.6 Å². The predicted molar refractivity (Wildman–Crippen MR) is 76.1 cm³/mol. The smallest absolute Gasteiger partial charge is 0.232 e. The van der Waals surface area contributed by atoms with Crippen molar-refractivity contribution in [1.82, 2.24) is 9.88 Å². The van der Waals surface area contributed by atoms with Crippen LogP contribution >= 0.6 is 0 Å². The Balaban J connectivity index is 1.99. The maximum Gasteiger partial charge on any atom is 0.232 e. The Labute approximate surface area is 117 Å². The molecule has 4 heteroatoms. The van der Waals surface area contributed by atoms with E-state index < -0.39 is 0 Å². The molecular weight excluding hydrogens is 252 g/mol. The summed E-state index contributed by atoms with van der Waals surface area (Å²) < 4.78 is 0. The van der Waals surface area contributed by atoms with Crippen molar-refractivity contribution < 1.29 is 9.59 Å². The number of nitrogens with zero attached hydrogens (tertiary/aromatic N) is 2. The van der Waals surface area contributed by atoms with E-state index in [1.165, 1.54) is 4.90 Å². The molecule has 102 valence electrons. The van der Waals surface area contributed by atoms with Crippen LogP contribution in [0.3, 0.4) is 0 Å². The fraction of sp³-hybridized carbons (Fsp3) is 0.312. The summed E-state index contributed by atoms with van der Waals surface area (Å²) in [5.41, 5.74) is 3.11. The number of rotatable bonds is 2. The Morgan fingerprint density at radius 2 is 2.15 bits per heavy atom. The Morgan fingerprint density at radius 3 is 2.85 bits per heavy atom. The highest BCUT2D eigenvalue weighted by molar-refractivity contribution is 6.03. The van der Waals surface area contributed by atoms with Crippen LogP contribution in [0.4, 0.5) is 0 Å². The number of imide groups is 1. The maximum atomic E-state index is 12.0. The fourth-order valence-electron chi connectivity index (χ4n) is 2.84. The third-order valence-corrected chi connectivity index (χ3v) is 3.87. The summed E-state index contributed by atoms with van der Waals surface area (Å²) in [6.07, 6.45) is 2.64. The first-order valence-electron chi connectivity index (χ1n) is 6.71. The maximum absolute atomic E-state index is 12.0.